The highest BCUT2D eigenvalue weighted by molar-refractivity contribution is 5.80. The average molecular weight is 329 g/mol. The Morgan fingerprint density at radius 3 is 2.71 bits per heavy atom. The molecule has 1 aliphatic heterocycles. The van der Waals surface area contributed by atoms with Crippen LogP contribution in [0.4, 0.5) is 5.82 Å². The topological polar surface area (TPSA) is 52.6 Å². The van der Waals surface area contributed by atoms with Crippen LogP contribution in [-0.4, -0.2) is 36.6 Å². The standard InChI is InChI=1S/C19H31N5/c1-3-20-19(23-17-12-15(17)2)22-14-16-8-9-21-18(13-16)24-10-6-4-5-7-11-24/h8-9,13,15,17H,3-7,10-12,14H2,1-2H3,(H2,20,22,23). The van der Waals surface area contributed by atoms with Crippen molar-refractivity contribution < 1.29 is 0 Å². The molecule has 0 bridgehead atoms. The third-order valence-electron chi connectivity index (χ3n) is 4.94. The van der Waals surface area contributed by atoms with Crippen LogP contribution in [0.1, 0.15) is 51.5 Å². The molecule has 1 aromatic rings. The van der Waals surface area contributed by atoms with Gasteiger partial charge in [0.05, 0.1) is 6.54 Å². The Kier molecular flexibility index (Phi) is 5.94. The Labute approximate surface area is 146 Å². The maximum atomic E-state index is 4.75. The molecule has 0 aromatic carbocycles. The minimum absolute atomic E-state index is 0.591. The van der Waals surface area contributed by atoms with Crippen LogP contribution in [0, 0.1) is 5.92 Å². The maximum absolute atomic E-state index is 4.75. The molecular weight excluding hydrogens is 298 g/mol. The van der Waals surface area contributed by atoms with Gasteiger partial charge in [-0.3, -0.25) is 0 Å². The van der Waals surface area contributed by atoms with Gasteiger partial charge in [-0.15, -0.1) is 0 Å². The van der Waals surface area contributed by atoms with Gasteiger partial charge in [0.2, 0.25) is 0 Å². The van der Waals surface area contributed by atoms with E-state index in [4.69, 9.17) is 4.99 Å². The number of pyridine rings is 1. The smallest absolute Gasteiger partial charge is 0.191 e. The van der Waals surface area contributed by atoms with Crippen LogP contribution in [0.3, 0.4) is 0 Å². The Morgan fingerprint density at radius 2 is 2.04 bits per heavy atom. The van der Waals surface area contributed by atoms with Crippen LogP contribution >= 0.6 is 0 Å². The fourth-order valence-corrected chi connectivity index (χ4v) is 3.22. The largest absolute Gasteiger partial charge is 0.357 e. The predicted octanol–water partition coefficient (Wildman–Crippen LogP) is 2.93. The fourth-order valence-electron chi connectivity index (χ4n) is 3.22. The molecule has 3 rings (SSSR count). The monoisotopic (exact) mass is 329 g/mol. The summed E-state index contributed by atoms with van der Waals surface area (Å²) in [6.07, 6.45) is 8.42. The molecule has 0 radical (unpaired) electrons. The Morgan fingerprint density at radius 1 is 1.29 bits per heavy atom. The van der Waals surface area contributed by atoms with Crippen LogP contribution in [0.5, 0.6) is 0 Å². The molecule has 1 aliphatic carbocycles. The second kappa shape index (κ2) is 8.36. The van der Waals surface area contributed by atoms with Crippen molar-refractivity contribution in [3.63, 3.8) is 0 Å². The highest BCUT2D eigenvalue weighted by atomic mass is 15.2. The molecule has 1 saturated heterocycles. The first kappa shape index (κ1) is 17.1. The van der Waals surface area contributed by atoms with E-state index in [0.29, 0.717) is 12.6 Å². The highest BCUT2D eigenvalue weighted by Crippen LogP contribution is 2.28. The summed E-state index contributed by atoms with van der Waals surface area (Å²) in [5, 5.41) is 6.85. The van der Waals surface area contributed by atoms with Gasteiger partial charge in [0, 0.05) is 31.9 Å². The molecule has 1 saturated carbocycles. The fraction of sp³-hybridized carbons (Fsp3) is 0.684. The van der Waals surface area contributed by atoms with E-state index in [9.17, 15) is 0 Å². The maximum Gasteiger partial charge on any atom is 0.191 e. The van der Waals surface area contributed by atoms with Gasteiger partial charge in [-0.25, -0.2) is 9.98 Å². The Hall–Kier alpha value is -1.78. The number of hydrogen-bond donors (Lipinski definition) is 2. The van der Waals surface area contributed by atoms with E-state index >= 15 is 0 Å². The number of rotatable bonds is 5. The summed E-state index contributed by atoms with van der Waals surface area (Å²) in [5.74, 6) is 2.81. The third-order valence-corrected chi connectivity index (χ3v) is 4.94. The SMILES string of the molecule is CCNC(=NCc1ccnc(N2CCCCCC2)c1)NC1CC1C. The van der Waals surface area contributed by atoms with Crippen molar-refractivity contribution >= 4 is 11.8 Å². The van der Waals surface area contributed by atoms with Crippen LogP contribution in [0.25, 0.3) is 0 Å². The van der Waals surface area contributed by atoms with Crippen molar-refractivity contribution in [2.75, 3.05) is 24.5 Å². The van der Waals surface area contributed by atoms with Gasteiger partial charge in [-0.2, -0.15) is 0 Å². The minimum atomic E-state index is 0.591. The van der Waals surface area contributed by atoms with Crippen molar-refractivity contribution in [3.05, 3.63) is 23.9 Å². The summed E-state index contributed by atoms with van der Waals surface area (Å²) in [6, 6.07) is 4.87. The van der Waals surface area contributed by atoms with Gasteiger partial charge in [0.15, 0.2) is 5.96 Å². The van der Waals surface area contributed by atoms with E-state index in [2.05, 4.69) is 46.5 Å². The third kappa shape index (κ3) is 4.86. The molecule has 2 aliphatic rings. The molecule has 2 fully saturated rings. The molecule has 1 aromatic heterocycles. The molecule has 2 heterocycles. The average Bonchev–Trinajstić information content (AvgIpc) is 3.35. The van der Waals surface area contributed by atoms with Crippen LogP contribution in [0.15, 0.2) is 23.3 Å². The summed E-state index contributed by atoms with van der Waals surface area (Å²) in [6.45, 7) is 8.23. The number of nitrogens with zero attached hydrogens (tertiary/aromatic N) is 3. The van der Waals surface area contributed by atoms with Gasteiger partial charge in [-0.1, -0.05) is 19.8 Å². The van der Waals surface area contributed by atoms with Gasteiger partial charge in [0.25, 0.3) is 0 Å². The number of anilines is 1. The number of aliphatic imine (C=N–C) groups is 1. The first-order valence-corrected chi connectivity index (χ1v) is 9.51. The molecule has 2 unspecified atom stereocenters. The summed E-state index contributed by atoms with van der Waals surface area (Å²) in [7, 11) is 0. The van der Waals surface area contributed by atoms with Crippen LogP contribution < -0.4 is 15.5 Å². The summed E-state index contributed by atoms with van der Waals surface area (Å²) >= 11 is 0. The summed E-state index contributed by atoms with van der Waals surface area (Å²) in [4.78, 5) is 11.8. The molecular formula is C19H31N5. The molecule has 5 nitrogen and oxygen atoms in total. The number of hydrogen-bond acceptors (Lipinski definition) is 3. The lowest BCUT2D eigenvalue weighted by atomic mass is 10.2. The van der Waals surface area contributed by atoms with E-state index in [1.54, 1.807) is 0 Å². The van der Waals surface area contributed by atoms with Crippen molar-refractivity contribution in [2.24, 2.45) is 10.9 Å². The van der Waals surface area contributed by atoms with Crippen molar-refractivity contribution in [3.8, 4) is 0 Å². The predicted molar refractivity (Wildman–Crippen MR) is 100 cm³/mol. The molecule has 132 valence electrons. The first-order valence-electron chi connectivity index (χ1n) is 9.51. The van der Waals surface area contributed by atoms with Crippen LogP contribution in [0.2, 0.25) is 0 Å². The van der Waals surface area contributed by atoms with E-state index < -0.39 is 0 Å². The second-order valence-corrected chi connectivity index (χ2v) is 7.08. The summed E-state index contributed by atoms with van der Waals surface area (Å²) in [5.41, 5.74) is 1.23. The van der Waals surface area contributed by atoms with Crippen molar-refractivity contribution in [1.82, 2.24) is 15.6 Å². The zero-order valence-corrected chi connectivity index (χ0v) is 15.1. The van der Waals surface area contributed by atoms with Gasteiger partial charge in [-0.05, 0) is 49.8 Å². The molecule has 0 spiro atoms. The van der Waals surface area contributed by atoms with Crippen molar-refractivity contribution in [2.45, 2.75) is 58.5 Å². The summed E-state index contributed by atoms with van der Waals surface area (Å²) < 4.78 is 0. The van der Waals surface area contributed by atoms with Gasteiger partial charge >= 0.3 is 0 Å². The molecule has 2 atom stereocenters. The van der Waals surface area contributed by atoms with Gasteiger partial charge < -0.3 is 15.5 Å². The lowest BCUT2D eigenvalue weighted by Gasteiger charge is -2.21. The lowest BCUT2D eigenvalue weighted by Crippen LogP contribution is -2.39. The minimum Gasteiger partial charge on any atom is -0.357 e. The van der Waals surface area contributed by atoms with E-state index in [1.807, 2.05) is 6.20 Å². The number of nitrogens with one attached hydrogen (secondary N) is 2. The number of aromatic nitrogens is 1. The second-order valence-electron chi connectivity index (χ2n) is 7.08. The zero-order valence-electron chi connectivity index (χ0n) is 15.1. The van der Waals surface area contributed by atoms with E-state index in [-0.39, 0.29) is 0 Å². The van der Waals surface area contributed by atoms with E-state index in [0.717, 1.165) is 37.3 Å². The lowest BCUT2D eigenvalue weighted by molar-refractivity contribution is 0.726. The molecule has 0 amide bonds. The molecule has 24 heavy (non-hydrogen) atoms. The molecule has 5 heteroatoms. The number of guanidine groups is 1. The Balaban J connectivity index is 1.63. The molecule has 2 N–H and O–H groups in total. The highest BCUT2D eigenvalue weighted by Gasteiger charge is 2.33. The zero-order chi connectivity index (χ0) is 16.8. The normalized spacial score (nSPS) is 24.4. The van der Waals surface area contributed by atoms with Gasteiger partial charge in [0.1, 0.15) is 5.82 Å². The van der Waals surface area contributed by atoms with Crippen molar-refractivity contribution in [1.29, 1.82) is 0 Å². The first-order chi connectivity index (χ1) is 11.8. The quantitative estimate of drug-likeness (QED) is 0.644. The van der Waals surface area contributed by atoms with Crippen LogP contribution in [-0.2, 0) is 6.54 Å². The van der Waals surface area contributed by atoms with E-state index in [1.165, 1.54) is 37.7 Å². The Bertz CT molecular complexity index is 548.